The van der Waals surface area contributed by atoms with E-state index in [4.69, 9.17) is 34.0 Å². The van der Waals surface area contributed by atoms with E-state index < -0.39 is 35.0 Å². The molecule has 1 aromatic carbocycles. The Morgan fingerprint density at radius 2 is 1.80 bits per heavy atom. The van der Waals surface area contributed by atoms with Crippen molar-refractivity contribution in [2.45, 2.75) is 4.90 Å². The minimum Gasteiger partial charge on any atom is -0.480 e. The lowest BCUT2D eigenvalue weighted by Gasteiger charge is -2.18. The van der Waals surface area contributed by atoms with E-state index in [1.165, 1.54) is 6.07 Å². The second-order valence-corrected chi connectivity index (χ2v) is 6.46. The van der Waals surface area contributed by atoms with Crippen LogP contribution in [0.4, 0.5) is 0 Å². The van der Waals surface area contributed by atoms with E-state index >= 15 is 0 Å². The Bertz CT molecular complexity index is 631. The number of carboxylic acid groups (broad SMARTS) is 1. The molecule has 0 atom stereocenters. The number of amides is 1. The molecule has 20 heavy (non-hydrogen) atoms. The first-order chi connectivity index (χ1) is 9.14. The number of nitrogens with two attached hydrogens (primary N) is 1. The fraction of sp³-hybridized carbons (Fsp3) is 0.200. The fourth-order valence-electron chi connectivity index (χ4n) is 1.34. The van der Waals surface area contributed by atoms with E-state index in [2.05, 4.69) is 0 Å². The summed E-state index contributed by atoms with van der Waals surface area (Å²) in [7, 11) is -4.22. The molecule has 0 aliphatic rings. The molecule has 7 nitrogen and oxygen atoms in total. The number of hydrogen-bond acceptors (Lipinski definition) is 4. The van der Waals surface area contributed by atoms with Crippen molar-refractivity contribution in [1.29, 1.82) is 0 Å². The number of nitrogens with zero attached hydrogens (tertiary/aromatic N) is 1. The van der Waals surface area contributed by atoms with Gasteiger partial charge in [0, 0.05) is 0 Å². The summed E-state index contributed by atoms with van der Waals surface area (Å²) in [6.07, 6.45) is 0. The summed E-state index contributed by atoms with van der Waals surface area (Å²) < 4.78 is 24.9. The summed E-state index contributed by atoms with van der Waals surface area (Å²) in [6.45, 7) is -1.65. The zero-order chi connectivity index (χ0) is 15.5. The monoisotopic (exact) mass is 340 g/mol. The number of carboxylic acids is 1. The van der Waals surface area contributed by atoms with Crippen molar-refractivity contribution < 1.29 is 23.1 Å². The molecule has 1 aromatic rings. The van der Waals surface area contributed by atoms with Gasteiger partial charge in [0.1, 0.15) is 6.54 Å². The van der Waals surface area contributed by atoms with Crippen molar-refractivity contribution in [2.24, 2.45) is 5.73 Å². The standard InChI is InChI=1S/C10H10Cl2N2O5S/c11-7-2-1-6(3-8(7)12)20(18,19)14(4-9(13)15)5-10(16)17/h1-3H,4-5H2,(H2,13,15)(H,16,17). The van der Waals surface area contributed by atoms with Gasteiger partial charge in [0.05, 0.1) is 21.5 Å². The summed E-state index contributed by atoms with van der Waals surface area (Å²) in [5, 5.41) is 8.83. The Labute approximate surface area is 124 Å². The Morgan fingerprint density at radius 1 is 1.20 bits per heavy atom. The Hall–Kier alpha value is -1.35. The van der Waals surface area contributed by atoms with Gasteiger partial charge in [0.15, 0.2) is 0 Å². The summed E-state index contributed by atoms with van der Waals surface area (Å²) in [5.74, 6) is -2.40. The van der Waals surface area contributed by atoms with E-state index in [1.54, 1.807) is 0 Å². The maximum absolute atomic E-state index is 12.2. The third-order valence-corrected chi connectivity index (χ3v) is 4.70. The number of primary amides is 1. The van der Waals surface area contributed by atoms with E-state index in [9.17, 15) is 18.0 Å². The zero-order valence-electron chi connectivity index (χ0n) is 9.92. The SMILES string of the molecule is NC(=O)CN(CC(=O)O)S(=O)(=O)c1ccc(Cl)c(Cl)c1. The van der Waals surface area contributed by atoms with Crippen LogP contribution in [0.2, 0.25) is 10.0 Å². The van der Waals surface area contributed by atoms with Crippen LogP contribution in [0.15, 0.2) is 23.1 Å². The molecule has 1 rings (SSSR count). The normalized spacial score (nSPS) is 11.6. The highest BCUT2D eigenvalue weighted by Crippen LogP contribution is 2.26. The third-order valence-electron chi connectivity index (χ3n) is 2.17. The maximum atomic E-state index is 12.2. The molecule has 0 saturated carbocycles. The van der Waals surface area contributed by atoms with Crippen LogP contribution in [-0.4, -0.2) is 42.8 Å². The number of carbonyl (C=O) groups excluding carboxylic acids is 1. The zero-order valence-corrected chi connectivity index (χ0v) is 12.2. The Kier molecular flexibility index (Phi) is 5.35. The van der Waals surface area contributed by atoms with E-state index in [1.807, 2.05) is 0 Å². The molecule has 10 heteroatoms. The molecule has 0 unspecified atom stereocenters. The average molecular weight is 341 g/mol. The molecule has 0 aliphatic heterocycles. The van der Waals surface area contributed by atoms with Crippen LogP contribution in [0.1, 0.15) is 0 Å². The Balaban J connectivity index is 3.24. The molecule has 0 spiro atoms. The molecule has 0 aliphatic carbocycles. The van der Waals surface area contributed by atoms with Gasteiger partial charge in [-0.25, -0.2) is 8.42 Å². The second kappa shape index (κ2) is 6.40. The first-order valence-corrected chi connectivity index (χ1v) is 7.29. The summed E-state index contributed by atoms with van der Waals surface area (Å²) >= 11 is 11.4. The number of benzene rings is 1. The van der Waals surface area contributed by atoms with Gasteiger partial charge in [-0.2, -0.15) is 4.31 Å². The summed E-state index contributed by atoms with van der Waals surface area (Å²) in [6, 6.07) is 3.47. The van der Waals surface area contributed by atoms with Crippen LogP contribution >= 0.6 is 23.2 Å². The smallest absolute Gasteiger partial charge is 0.318 e. The van der Waals surface area contributed by atoms with E-state index in [0.717, 1.165) is 12.1 Å². The number of aliphatic carboxylic acids is 1. The molecule has 0 heterocycles. The van der Waals surface area contributed by atoms with Crippen LogP contribution in [0, 0.1) is 0 Å². The van der Waals surface area contributed by atoms with Crippen molar-refractivity contribution in [1.82, 2.24) is 4.31 Å². The number of rotatable bonds is 6. The summed E-state index contributed by atoms with van der Waals surface area (Å²) in [5.41, 5.74) is 4.91. The van der Waals surface area contributed by atoms with Gasteiger partial charge < -0.3 is 10.8 Å². The van der Waals surface area contributed by atoms with Crippen molar-refractivity contribution >= 4 is 45.1 Å². The molecule has 110 valence electrons. The van der Waals surface area contributed by atoms with Crippen molar-refractivity contribution in [3.05, 3.63) is 28.2 Å². The highest BCUT2D eigenvalue weighted by atomic mass is 35.5. The molecule has 3 N–H and O–H groups in total. The molecule has 0 fully saturated rings. The molecule has 0 bridgehead atoms. The van der Waals surface area contributed by atoms with Crippen molar-refractivity contribution in [3.63, 3.8) is 0 Å². The molecule has 1 amide bonds. The van der Waals surface area contributed by atoms with Gasteiger partial charge in [0.2, 0.25) is 15.9 Å². The van der Waals surface area contributed by atoms with E-state index in [-0.39, 0.29) is 14.9 Å². The first-order valence-electron chi connectivity index (χ1n) is 5.10. The number of carbonyl (C=O) groups is 2. The van der Waals surface area contributed by atoms with Crippen LogP contribution in [0.25, 0.3) is 0 Å². The highest BCUT2D eigenvalue weighted by Gasteiger charge is 2.28. The van der Waals surface area contributed by atoms with Crippen LogP contribution in [0.5, 0.6) is 0 Å². The molecule has 0 saturated heterocycles. The van der Waals surface area contributed by atoms with Gasteiger partial charge in [-0.3, -0.25) is 9.59 Å². The summed E-state index contributed by atoms with van der Waals surface area (Å²) in [4.78, 5) is 21.3. The second-order valence-electron chi connectivity index (χ2n) is 3.71. The fourth-order valence-corrected chi connectivity index (χ4v) is 3.08. The van der Waals surface area contributed by atoms with Crippen LogP contribution < -0.4 is 5.73 Å². The number of hydrogen-bond donors (Lipinski definition) is 2. The van der Waals surface area contributed by atoms with Gasteiger partial charge in [-0.1, -0.05) is 23.2 Å². The third kappa shape index (κ3) is 4.07. The van der Waals surface area contributed by atoms with Gasteiger partial charge in [-0.05, 0) is 18.2 Å². The minimum atomic E-state index is -4.22. The van der Waals surface area contributed by atoms with Gasteiger partial charge >= 0.3 is 5.97 Å². The van der Waals surface area contributed by atoms with Crippen molar-refractivity contribution in [3.8, 4) is 0 Å². The predicted molar refractivity (Wildman–Crippen MR) is 72.1 cm³/mol. The molecule has 0 aromatic heterocycles. The van der Waals surface area contributed by atoms with Crippen molar-refractivity contribution in [2.75, 3.05) is 13.1 Å². The topological polar surface area (TPSA) is 118 Å². The Morgan fingerprint density at radius 3 is 2.25 bits per heavy atom. The highest BCUT2D eigenvalue weighted by molar-refractivity contribution is 7.89. The first kappa shape index (κ1) is 16.7. The number of halogens is 2. The molecule has 0 radical (unpaired) electrons. The lowest BCUT2D eigenvalue weighted by Crippen LogP contribution is -2.41. The maximum Gasteiger partial charge on any atom is 0.318 e. The largest absolute Gasteiger partial charge is 0.480 e. The predicted octanol–water partition coefficient (Wildman–Crippen LogP) is 0.554. The van der Waals surface area contributed by atoms with Gasteiger partial charge in [-0.15, -0.1) is 0 Å². The lowest BCUT2D eigenvalue weighted by atomic mass is 10.4. The quantitative estimate of drug-likeness (QED) is 0.784. The lowest BCUT2D eigenvalue weighted by molar-refractivity contribution is -0.137. The average Bonchev–Trinajstić information content (AvgIpc) is 2.30. The number of sulfonamides is 1. The molecular weight excluding hydrogens is 331 g/mol. The molecular formula is C10H10Cl2N2O5S. The van der Waals surface area contributed by atoms with Crippen LogP contribution in [-0.2, 0) is 19.6 Å². The van der Waals surface area contributed by atoms with Crippen LogP contribution in [0.3, 0.4) is 0 Å². The van der Waals surface area contributed by atoms with E-state index in [0.29, 0.717) is 4.31 Å². The van der Waals surface area contributed by atoms with Gasteiger partial charge in [0.25, 0.3) is 0 Å². The minimum absolute atomic E-state index is 0.0120.